The summed E-state index contributed by atoms with van der Waals surface area (Å²) in [5.74, 6) is 1.13. The van der Waals surface area contributed by atoms with Gasteiger partial charge in [0.1, 0.15) is 6.04 Å². The fourth-order valence-corrected chi connectivity index (χ4v) is 1.84. The molecule has 0 unspecified atom stereocenters. The maximum Gasteiger partial charge on any atom is 0.323 e. The lowest BCUT2D eigenvalue weighted by atomic mass is 10.1. The van der Waals surface area contributed by atoms with Gasteiger partial charge in [-0.2, -0.15) is 0 Å². The van der Waals surface area contributed by atoms with E-state index in [-0.39, 0.29) is 0 Å². The molecule has 0 amide bonds. The van der Waals surface area contributed by atoms with Gasteiger partial charge < -0.3 is 24.7 Å². The van der Waals surface area contributed by atoms with Gasteiger partial charge in [-0.3, -0.25) is 4.79 Å². The van der Waals surface area contributed by atoms with Crippen molar-refractivity contribution in [3.8, 4) is 17.2 Å². The van der Waals surface area contributed by atoms with Gasteiger partial charge in [0, 0.05) is 0 Å². The maximum absolute atomic E-state index is 11.5. The zero-order chi connectivity index (χ0) is 15.1. The summed E-state index contributed by atoms with van der Waals surface area (Å²) in [6.07, 6.45) is 0.329. The van der Waals surface area contributed by atoms with Crippen molar-refractivity contribution in [2.45, 2.75) is 19.4 Å². The summed E-state index contributed by atoms with van der Waals surface area (Å²) in [4.78, 5) is 11.5. The lowest BCUT2D eigenvalue weighted by Crippen LogP contribution is -2.34. The number of esters is 1. The Kier molecular flexibility index (Phi) is 6.11. The summed E-state index contributed by atoms with van der Waals surface area (Å²) in [5.41, 5.74) is 6.61. The Morgan fingerprint density at radius 1 is 1.15 bits per heavy atom. The van der Waals surface area contributed by atoms with Crippen molar-refractivity contribution < 1.29 is 23.7 Å². The minimum absolute atomic E-state index is 0.307. The van der Waals surface area contributed by atoms with Gasteiger partial charge in [-0.25, -0.2) is 0 Å². The third-order valence-electron chi connectivity index (χ3n) is 2.77. The van der Waals surface area contributed by atoms with Crippen LogP contribution in [0.15, 0.2) is 12.1 Å². The van der Waals surface area contributed by atoms with Crippen molar-refractivity contribution in [1.29, 1.82) is 0 Å². The van der Waals surface area contributed by atoms with E-state index in [9.17, 15) is 4.79 Å². The summed E-state index contributed by atoms with van der Waals surface area (Å²) in [6.45, 7) is 2.05. The first-order valence-electron chi connectivity index (χ1n) is 6.28. The summed E-state index contributed by atoms with van der Waals surface area (Å²) < 4.78 is 20.6. The van der Waals surface area contributed by atoms with Crippen LogP contribution in [0.2, 0.25) is 0 Å². The summed E-state index contributed by atoms with van der Waals surface area (Å²) in [5, 5.41) is 0. The first-order valence-corrected chi connectivity index (χ1v) is 6.28. The number of ether oxygens (including phenoxy) is 4. The Labute approximate surface area is 118 Å². The predicted molar refractivity (Wildman–Crippen MR) is 74.4 cm³/mol. The van der Waals surface area contributed by atoms with Crippen molar-refractivity contribution in [3.63, 3.8) is 0 Å². The number of benzene rings is 1. The van der Waals surface area contributed by atoms with E-state index in [2.05, 4.69) is 0 Å². The molecule has 0 aliphatic carbocycles. The maximum atomic E-state index is 11.5. The topological polar surface area (TPSA) is 80.0 Å². The molecular weight excluding hydrogens is 262 g/mol. The largest absolute Gasteiger partial charge is 0.493 e. The second kappa shape index (κ2) is 7.59. The minimum atomic E-state index is -0.724. The number of methoxy groups -OCH3 is 3. The molecule has 0 bridgehead atoms. The van der Waals surface area contributed by atoms with Crippen LogP contribution in [0.5, 0.6) is 17.2 Å². The SMILES string of the molecule is CCOC(=O)[C@H](N)Cc1cc(OC)c(OC)c(OC)c1. The molecule has 112 valence electrons. The lowest BCUT2D eigenvalue weighted by Gasteiger charge is -2.15. The quantitative estimate of drug-likeness (QED) is 0.756. The Morgan fingerprint density at radius 3 is 2.10 bits per heavy atom. The van der Waals surface area contributed by atoms with E-state index in [0.717, 1.165) is 5.56 Å². The molecule has 2 N–H and O–H groups in total. The van der Waals surface area contributed by atoms with Crippen LogP contribution in [0.4, 0.5) is 0 Å². The smallest absolute Gasteiger partial charge is 0.323 e. The van der Waals surface area contributed by atoms with Gasteiger partial charge in [-0.05, 0) is 31.0 Å². The molecule has 0 spiro atoms. The molecule has 0 radical (unpaired) electrons. The molecule has 6 nitrogen and oxygen atoms in total. The third kappa shape index (κ3) is 3.77. The molecular formula is C14H21NO5. The summed E-state index contributed by atoms with van der Waals surface area (Å²) >= 11 is 0. The fraction of sp³-hybridized carbons (Fsp3) is 0.500. The van der Waals surface area contributed by atoms with Gasteiger partial charge in [0.25, 0.3) is 0 Å². The molecule has 0 aliphatic rings. The molecule has 6 heteroatoms. The first kappa shape index (κ1) is 16.1. The molecule has 20 heavy (non-hydrogen) atoms. The molecule has 1 aromatic rings. The van der Waals surface area contributed by atoms with Crippen molar-refractivity contribution in [2.24, 2.45) is 5.73 Å². The number of carbonyl (C=O) groups is 1. The standard InChI is InChI=1S/C14H21NO5/c1-5-20-14(16)10(15)6-9-7-11(17-2)13(19-4)12(8-9)18-3/h7-8,10H,5-6,15H2,1-4H3/t10-/m1/s1. The van der Waals surface area contributed by atoms with Gasteiger partial charge in [-0.1, -0.05) is 0 Å². The van der Waals surface area contributed by atoms with Crippen LogP contribution in [0, 0.1) is 0 Å². The van der Waals surface area contributed by atoms with Crippen LogP contribution >= 0.6 is 0 Å². The molecule has 1 rings (SSSR count). The third-order valence-corrected chi connectivity index (χ3v) is 2.77. The van der Waals surface area contributed by atoms with E-state index in [0.29, 0.717) is 30.3 Å². The highest BCUT2D eigenvalue weighted by Gasteiger charge is 2.18. The molecule has 1 aromatic carbocycles. The van der Waals surface area contributed by atoms with Crippen molar-refractivity contribution >= 4 is 5.97 Å². The number of hydrogen-bond donors (Lipinski definition) is 1. The van der Waals surface area contributed by atoms with Gasteiger partial charge in [0.15, 0.2) is 11.5 Å². The van der Waals surface area contributed by atoms with Crippen molar-refractivity contribution in [3.05, 3.63) is 17.7 Å². The van der Waals surface area contributed by atoms with Gasteiger partial charge >= 0.3 is 5.97 Å². The molecule has 0 heterocycles. The highest BCUT2D eigenvalue weighted by Crippen LogP contribution is 2.38. The Bertz CT molecular complexity index is 436. The molecule has 0 aromatic heterocycles. The Hall–Kier alpha value is -1.95. The predicted octanol–water partition coefficient (Wildman–Crippen LogP) is 1.15. The number of rotatable bonds is 7. The minimum Gasteiger partial charge on any atom is -0.493 e. The molecule has 0 aliphatic heterocycles. The van der Waals surface area contributed by atoms with E-state index in [1.54, 1.807) is 19.1 Å². The second-order valence-electron chi connectivity index (χ2n) is 4.10. The van der Waals surface area contributed by atoms with Crippen LogP contribution in [-0.4, -0.2) is 39.9 Å². The van der Waals surface area contributed by atoms with Crippen LogP contribution in [0.3, 0.4) is 0 Å². The zero-order valence-corrected chi connectivity index (χ0v) is 12.3. The average Bonchev–Trinajstić information content (AvgIpc) is 2.46. The Morgan fingerprint density at radius 2 is 1.70 bits per heavy atom. The average molecular weight is 283 g/mol. The number of carbonyl (C=O) groups excluding carboxylic acids is 1. The van der Waals surface area contributed by atoms with Crippen LogP contribution < -0.4 is 19.9 Å². The van der Waals surface area contributed by atoms with Gasteiger partial charge in [0.05, 0.1) is 27.9 Å². The lowest BCUT2D eigenvalue weighted by molar-refractivity contribution is -0.144. The van der Waals surface area contributed by atoms with E-state index in [4.69, 9.17) is 24.7 Å². The second-order valence-corrected chi connectivity index (χ2v) is 4.10. The number of nitrogens with two attached hydrogens (primary N) is 1. The first-order chi connectivity index (χ1) is 9.57. The normalized spacial score (nSPS) is 11.7. The highest BCUT2D eigenvalue weighted by atomic mass is 16.5. The van der Waals surface area contributed by atoms with Gasteiger partial charge in [0.2, 0.25) is 5.75 Å². The molecule has 0 saturated heterocycles. The Balaban J connectivity index is 2.98. The molecule has 0 saturated carbocycles. The van der Waals surface area contributed by atoms with Crippen LogP contribution in [0.1, 0.15) is 12.5 Å². The van der Waals surface area contributed by atoms with E-state index >= 15 is 0 Å². The monoisotopic (exact) mass is 283 g/mol. The van der Waals surface area contributed by atoms with Gasteiger partial charge in [-0.15, -0.1) is 0 Å². The highest BCUT2D eigenvalue weighted by molar-refractivity contribution is 5.76. The van der Waals surface area contributed by atoms with Crippen molar-refractivity contribution in [2.75, 3.05) is 27.9 Å². The van der Waals surface area contributed by atoms with Crippen molar-refractivity contribution in [1.82, 2.24) is 0 Å². The van der Waals surface area contributed by atoms with Crippen LogP contribution in [0.25, 0.3) is 0 Å². The molecule has 1 atom stereocenters. The summed E-state index contributed by atoms with van der Waals surface area (Å²) in [7, 11) is 4.60. The van der Waals surface area contributed by atoms with E-state index in [1.807, 2.05) is 0 Å². The zero-order valence-electron chi connectivity index (χ0n) is 12.3. The molecule has 0 fully saturated rings. The van der Waals surface area contributed by atoms with Crippen LogP contribution in [-0.2, 0) is 16.0 Å². The number of hydrogen-bond acceptors (Lipinski definition) is 6. The van der Waals surface area contributed by atoms with E-state index in [1.165, 1.54) is 21.3 Å². The summed E-state index contributed by atoms with van der Waals surface area (Å²) in [6, 6.07) is 2.80. The fourth-order valence-electron chi connectivity index (χ4n) is 1.84. The van der Waals surface area contributed by atoms with E-state index < -0.39 is 12.0 Å².